The first kappa shape index (κ1) is 22.1. The number of esters is 1. The van der Waals surface area contributed by atoms with E-state index in [1.54, 1.807) is 14.0 Å². The van der Waals surface area contributed by atoms with Gasteiger partial charge in [0, 0.05) is 32.9 Å². The quantitative estimate of drug-likeness (QED) is 0.416. The number of hydrogen-bond donors (Lipinski definition) is 2. The number of hydrogen-bond acceptors (Lipinski definition) is 6. The highest BCUT2D eigenvalue weighted by Gasteiger charge is 2.20. The third kappa shape index (κ3) is 5.11. The molecule has 0 bridgehead atoms. The van der Waals surface area contributed by atoms with E-state index >= 15 is 0 Å². The van der Waals surface area contributed by atoms with Crippen molar-refractivity contribution in [2.75, 3.05) is 32.1 Å². The fourth-order valence-corrected chi connectivity index (χ4v) is 4.55. The van der Waals surface area contributed by atoms with Gasteiger partial charge < -0.3 is 20.3 Å². The molecule has 1 unspecified atom stereocenters. The molecule has 0 fully saturated rings. The lowest BCUT2D eigenvalue weighted by Crippen LogP contribution is -2.38. The number of anilines is 1. The Hall–Kier alpha value is -2.61. The Morgan fingerprint density at radius 3 is 2.97 bits per heavy atom. The van der Waals surface area contributed by atoms with Crippen molar-refractivity contribution >= 4 is 29.0 Å². The molecule has 1 aliphatic rings. The van der Waals surface area contributed by atoms with Crippen LogP contribution in [-0.4, -0.2) is 44.2 Å². The second kappa shape index (κ2) is 9.93. The number of guanidine groups is 1. The van der Waals surface area contributed by atoms with Crippen molar-refractivity contribution in [2.24, 2.45) is 4.99 Å². The maximum Gasteiger partial charge on any atom is 0.350 e. The Morgan fingerprint density at radius 1 is 1.43 bits per heavy atom. The predicted molar refractivity (Wildman–Crippen MR) is 123 cm³/mol. The van der Waals surface area contributed by atoms with Crippen molar-refractivity contribution in [3.63, 3.8) is 0 Å². The van der Waals surface area contributed by atoms with E-state index in [1.807, 2.05) is 13.8 Å². The van der Waals surface area contributed by atoms with Crippen LogP contribution in [-0.2, 0) is 17.7 Å². The number of thiazole rings is 1. The molecule has 162 valence electrons. The number of carbonyl (C=O) groups is 1. The molecule has 1 aromatic carbocycles. The van der Waals surface area contributed by atoms with Crippen LogP contribution in [0.5, 0.6) is 0 Å². The first-order chi connectivity index (χ1) is 14.4. The average molecular weight is 430 g/mol. The number of aromatic nitrogens is 1. The molecule has 1 aliphatic heterocycles. The van der Waals surface area contributed by atoms with Gasteiger partial charge in [0.2, 0.25) is 0 Å². The van der Waals surface area contributed by atoms with E-state index in [9.17, 15) is 4.79 Å². The molecular formula is C22H31N5O2S. The highest BCUT2D eigenvalue weighted by Crippen LogP contribution is 2.27. The lowest BCUT2D eigenvalue weighted by atomic mass is 9.99. The van der Waals surface area contributed by atoms with Gasteiger partial charge in [0.25, 0.3) is 0 Å². The van der Waals surface area contributed by atoms with Crippen LogP contribution in [0.25, 0.3) is 0 Å². The summed E-state index contributed by atoms with van der Waals surface area (Å²) in [4.78, 5) is 23.8. The first-order valence-corrected chi connectivity index (χ1v) is 11.2. The molecule has 3 rings (SSSR count). The lowest BCUT2D eigenvalue weighted by Gasteiger charge is -2.28. The second-order valence-corrected chi connectivity index (χ2v) is 8.50. The molecule has 0 saturated heterocycles. The Balaban J connectivity index is 1.61. The molecule has 30 heavy (non-hydrogen) atoms. The van der Waals surface area contributed by atoms with E-state index in [1.165, 1.54) is 34.6 Å². The average Bonchev–Trinajstić information content (AvgIpc) is 3.13. The van der Waals surface area contributed by atoms with Gasteiger partial charge in [-0.15, -0.1) is 11.3 Å². The lowest BCUT2D eigenvalue weighted by molar-refractivity contribution is 0.0531. The predicted octanol–water partition coefficient (Wildman–Crippen LogP) is 3.44. The van der Waals surface area contributed by atoms with Crippen LogP contribution in [0.4, 0.5) is 5.69 Å². The number of benzene rings is 1. The number of aryl methyl sites for hydroxylation is 2. The number of ether oxygens (including phenoxy) is 1. The van der Waals surface area contributed by atoms with Crippen molar-refractivity contribution in [2.45, 2.75) is 46.2 Å². The van der Waals surface area contributed by atoms with Crippen molar-refractivity contribution in [1.29, 1.82) is 0 Å². The Kier molecular flexibility index (Phi) is 7.31. The molecule has 7 nitrogen and oxygen atoms in total. The SMILES string of the molecule is CCOC(=O)c1sc(C(C)NC(=NC)NCc2ccc3c(c2)CCCN3C)nc1C. The summed E-state index contributed by atoms with van der Waals surface area (Å²) in [6, 6.07) is 6.57. The van der Waals surface area contributed by atoms with E-state index in [0.717, 1.165) is 18.0 Å². The van der Waals surface area contributed by atoms with E-state index in [-0.39, 0.29) is 12.0 Å². The second-order valence-electron chi connectivity index (χ2n) is 7.47. The minimum atomic E-state index is -0.313. The summed E-state index contributed by atoms with van der Waals surface area (Å²) < 4.78 is 5.11. The van der Waals surface area contributed by atoms with Gasteiger partial charge in [-0.25, -0.2) is 9.78 Å². The number of aliphatic imine (C=N–C) groups is 1. The van der Waals surface area contributed by atoms with Gasteiger partial charge in [-0.3, -0.25) is 4.99 Å². The van der Waals surface area contributed by atoms with Gasteiger partial charge in [-0.2, -0.15) is 0 Å². The maximum absolute atomic E-state index is 12.1. The molecule has 1 aromatic heterocycles. The van der Waals surface area contributed by atoms with E-state index in [4.69, 9.17) is 4.74 Å². The van der Waals surface area contributed by atoms with Crippen LogP contribution in [0.3, 0.4) is 0 Å². The first-order valence-electron chi connectivity index (χ1n) is 10.4. The fraction of sp³-hybridized carbons (Fsp3) is 0.500. The van der Waals surface area contributed by atoms with Gasteiger partial charge in [-0.05, 0) is 50.8 Å². The summed E-state index contributed by atoms with van der Waals surface area (Å²) in [6.45, 7) is 7.81. The molecule has 0 spiro atoms. The summed E-state index contributed by atoms with van der Waals surface area (Å²) in [6.07, 6.45) is 2.33. The number of carbonyl (C=O) groups excluding carboxylic acids is 1. The summed E-state index contributed by atoms with van der Waals surface area (Å²) >= 11 is 1.36. The summed E-state index contributed by atoms with van der Waals surface area (Å²) in [7, 11) is 3.90. The molecule has 0 saturated carbocycles. The minimum absolute atomic E-state index is 0.0831. The molecule has 1 atom stereocenters. The van der Waals surface area contributed by atoms with Crippen LogP contribution >= 0.6 is 11.3 Å². The largest absolute Gasteiger partial charge is 0.462 e. The normalized spacial score (nSPS) is 14.8. The molecular weight excluding hydrogens is 398 g/mol. The zero-order valence-electron chi connectivity index (χ0n) is 18.4. The molecule has 2 N–H and O–H groups in total. The van der Waals surface area contributed by atoms with E-state index in [2.05, 4.69) is 50.8 Å². The maximum atomic E-state index is 12.1. The number of nitrogens with zero attached hydrogens (tertiary/aromatic N) is 3. The monoisotopic (exact) mass is 429 g/mol. The number of rotatable bonds is 6. The van der Waals surface area contributed by atoms with Gasteiger partial charge in [0.1, 0.15) is 9.88 Å². The van der Waals surface area contributed by atoms with Crippen LogP contribution < -0.4 is 15.5 Å². The highest BCUT2D eigenvalue weighted by atomic mass is 32.1. The third-order valence-corrected chi connectivity index (χ3v) is 6.50. The van der Waals surface area contributed by atoms with Gasteiger partial charge in [-0.1, -0.05) is 12.1 Å². The molecule has 2 aromatic rings. The van der Waals surface area contributed by atoms with Crippen molar-refractivity contribution in [3.8, 4) is 0 Å². The Bertz CT molecular complexity index is 924. The fourth-order valence-electron chi connectivity index (χ4n) is 3.58. The standard InChI is InChI=1S/C22H31N5O2S/c1-6-29-21(28)19-14(2)25-20(30-19)15(3)26-22(23-4)24-13-16-9-10-18-17(12-16)8-7-11-27(18)5/h9-10,12,15H,6-8,11,13H2,1-5H3,(H2,23,24,26). The molecule has 2 heterocycles. The minimum Gasteiger partial charge on any atom is -0.462 e. The smallest absolute Gasteiger partial charge is 0.350 e. The zero-order chi connectivity index (χ0) is 21.7. The topological polar surface area (TPSA) is 78.8 Å². The highest BCUT2D eigenvalue weighted by molar-refractivity contribution is 7.13. The van der Waals surface area contributed by atoms with Crippen molar-refractivity contribution in [3.05, 3.63) is 44.9 Å². The third-order valence-electron chi connectivity index (χ3n) is 5.18. The number of nitrogens with one attached hydrogen (secondary N) is 2. The molecule has 8 heteroatoms. The molecule has 0 amide bonds. The van der Waals surface area contributed by atoms with Crippen molar-refractivity contribution in [1.82, 2.24) is 15.6 Å². The number of fused-ring (bicyclic) bond motifs is 1. The summed E-state index contributed by atoms with van der Waals surface area (Å²) in [5.74, 6) is 0.384. The van der Waals surface area contributed by atoms with Crippen LogP contribution in [0.15, 0.2) is 23.2 Å². The van der Waals surface area contributed by atoms with Gasteiger partial charge >= 0.3 is 5.97 Å². The van der Waals surface area contributed by atoms with Crippen LogP contribution in [0.2, 0.25) is 0 Å². The van der Waals surface area contributed by atoms with Crippen LogP contribution in [0, 0.1) is 6.92 Å². The van der Waals surface area contributed by atoms with Crippen molar-refractivity contribution < 1.29 is 9.53 Å². The zero-order valence-corrected chi connectivity index (χ0v) is 19.2. The van der Waals surface area contributed by atoms with E-state index < -0.39 is 0 Å². The van der Waals surface area contributed by atoms with Gasteiger partial charge in [0.05, 0.1) is 18.3 Å². The molecule has 0 radical (unpaired) electrons. The molecule has 0 aliphatic carbocycles. The van der Waals surface area contributed by atoms with Crippen LogP contribution in [0.1, 0.15) is 57.8 Å². The Labute approximate surface area is 182 Å². The van der Waals surface area contributed by atoms with E-state index in [0.29, 0.717) is 29.7 Å². The summed E-state index contributed by atoms with van der Waals surface area (Å²) in [5, 5.41) is 7.57. The summed E-state index contributed by atoms with van der Waals surface area (Å²) in [5.41, 5.74) is 4.67. The Morgan fingerprint density at radius 2 is 2.23 bits per heavy atom. The van der Waals surface area contributed by atoms with Gasteiger partial charge in [0.15, 0.2) is 5.96 Å².